The fourth-order valence-corrected chi connectivity index (χ4v) is 4.78. The molecule has 1 saturated heterocycles. The van der Waals surface area contributed by atoms with E-state index in [9.17, 15) is 0 Å². The number of aromatic amines is 1. The van der Waals surface area contributed by atoms with Crippen LogP contribution in [0.5, 0.6) is 0 Å². The van der Waals surface area contributed by atoms with Crippen LogP contribution in [0.15, 0.2) is 78.9 Å². The third-order valence-electron chi connectivity index (χ3n) is 6.90. The number of H-pyrrole nitrogens is 1. The van der Waals surface area contributed by atoms with Gasteiger partial charge in [-0.1, -0.05) is 60.7 Å². The van der Waals surface area contributed by atoms with Crippen LogP contribution in [0.1, 0.15) is 25.3 Å². The maximum atomic E-state index is 5.40. The van der Waals surface area contributed by atoms with Gasteiger partial charge in [0.15, 0.2) is 0 Å². The molecule has 0 spiro atoms. The molecular weight excluding hydrogens is 456 g/mol. The van der Waals surface area contributed by atoms with E-state index in [1.54, 1.807) is 0 Å². The highest BCUT2D eigenvalue weighted by Gasteiger charge is 2.17. The lowest BCUT2D eigenvalue weighted by molar-refractivity contribution is 0.178. The third kappa shape index (κ3) is 5.78. The van der Waals surface area contributed by atoms with Gasteiger partial charge in [-0.15, -0.1) is 0 Å². The first kappa shape index (κ1) is 24.8. The van der Waals surface area contributed by atoms with Crippen molar-refractivity contribution >= 4 is 17.5 Å². The molecule has 2 heterocycles. The van der Waals surface area contributed by atoms with Crippen LogP contribution in [0, 0.1) is 0 Å². The summed E-state index contributed by atoms with van der Waals surface area (Å²) in [4.78, 5) is 13.3. The largest absolute Gasteiger partial charge is 0.378 e. The second-order valence-electron chi connectivity index (χ2n) is 9.68. The molecule has 1 aliphatic rings. The van der Waals surface area contributed by atoms with Crippen molar-refractivity contribution in [2.75, 3.05) is 50.2 Å². The first-order chi connectivity index (χ1) is 18.1. The maximum absolute atomic E-state index is 5.40. The average molecular weight is 493 g/mol. The standard InChI is InChI=1S/C32H36N4O/c1-4-37-23-7-8-24-9-11-27(12-10-24)32-33-30(25-13-17-28(18-14-25)35(2)3)31(34-32)26-15-19-29(20-16-26)36-21-5-6-22-36/h7-20H,4-6,21-23H2,1-3H3,(H,33,34)/b8-7+. The van der Waals surface area contributed by atoms with E-state index in [0.29, 0.717) is 6.61 Å². The van der Waals surface area contributed by atoms with Crippen molar-refractivity contribution in [1.82, 2.24) is 9.97 Å². The number of nitrogens with one attached hydrogen (secondary N) is 1. The van der Waals surface area contributed by atoms with E-state index in [1.807, 2.05) is 13.0 Å². The predicted molar refractivity (Wildman–Crippen MR) is 156 cm³/mol. The monoisotopic (exact) mass is 492 g/mol. The molecule has 3 aromatic carbocycles. The summed E-state index contributed by atoms with van der Waals surface area (Å²) < 4.78 is 5.40. The van der Waals surface area contributed by atoms with Crippen molar-refractivity contribution in [2.24, 2.45) is 0 Å². The molecule has 0 atom stereocenters. The summed E-state index contributed by atoms with van der Waals surface area (Å²) in [5.74, 6) is 0.871. The van der Waals surface area contributed by atoms with Crippen LogP contribution in [0.25, 0.3) is 40.0 Å². The van der Waals surface area contributed by atoms with Gasteiger partial charge in [-0.3, -0.25) is 0 Å². The molecule has 5 rings (SSSR count). The highest BCUT2D eigenvalue weighted by molar-refractivity contribution is 5.82. The molecule has 5 nitrogen and oxygen atoms in total. The molecule has 5 heteroatoms. The van der Waals surface area contributed by atoms with Gasteiger partial charge < -0.3 is 19.5 Å². The Kier molecular flexibility index (Phi) is 7.71. The van der Waals surface area contributed by atoms with Crippen LogP contribution in [0.2, 0.25) is 0 Å². The molecule has 1 aromatic heterocycles. The molecule has 0 amide bonds. The van der Waals surface area contributed by atoms with Gasteiger partial charge in [-0.2, -0.15) is 0 Å². The minimum Gasteiger partial charge on any atom is -0.378 e. The van der Waals surface area contributed by atoms with E-state index in [0.717, 1.165) is 59.2 Å². The third-order valence-corrected chi connectivity index (χ3v) is 6.90. The SMILES string of the molecule is CCOC/C=C/c1ccc(-c2nc(-c3ccc(N(C)C)cc3)c(-c3ccc(N4CCCC4)cc3)[nH]2)cc1. The number of anilines is 2. The minimum absolute atomic E-state index is 0.631. The number of hydrogen-bond donors (Lipinski definition) is 1. The minimum atomic E-state index is 0.631. The first-order valence-corrected chi connectivity index (χ1v) is 13.2. The lowest BCUT2D eigenvalue weighted by Gasteiger charge is -2.17. The zero-order chi connectivity index (χ0) is 25.6. The Hall–Kier alpha value is -3.83. The van der Waals surface area contributed by atoms with Crippen LogP contribution in [-0.4, -0.2) is 50.4 Å². The molecule has 0 aliphatic carbocycles. The van der Waals surface area contributed by atoms with Crippen LogP contribution in [0.4, 0.5) is 11.4 Å². The maximum Gasteiger partial charge on any atom is 0.138 e. The molecule has 0 radical (unpaired) electrons. The number of aromatic nitrogens is 2. The number of rotatable bonds is 9. The first-order valence-electron chi connectivity index (χ1n) is 13.2. The molecule has 0 saturated carbocycles. The fraction of sp³-hybridized carbons (Fsp3) is 0.281. The van der Waals surface area contributed by atoms with Crippen LogP contribution < -0.4 is 9.80 Å². The summed E-state index contributed by atoms with van der Waals surface area (Å²) in [6.07, 6.45) is 6.69. The second kappa shape index (κ2) is 11.5. The highest BCUT2D eigenvalue weighted by Crippen LogP contribution is 2.35. The number of imidazole rings is 1. The Morgan fingerprint density at radius 2 is 1.51 bits per heavy atom. The Labute approximate surface area is 220 Å². The summed E-state index contributed by atoms with van der Waals surface area (Å²) in [7, 11) is 4.12. The Morgan fingerprint density at radius 3 is 2.16 bits per heavy atom. The van der Waals surface area contributed by atoms with Gasteiger partial charge in [-0.25, -0.2) is 4.98 Å². The van der Waals surface area contributed by atoms with Crippen LogP contribution in [-0.2, 0) is 4.74 Å². The predicted octanol–water partition coefficient (Wildman–Crippen LogP) is 7.13. The smallest absolute Gasteiger partial charge is 0.138 e. The number of ether oxygens (including phenoxy) is 1. The van der Waals surface area contributed by atoms with Crippen molar-refractivity contribution < 1.29 is 4.74 Å². The molecular formula is C32H36N4O. The zero-order valence-electron chi connectivity index (χ0n) is 22.1. The molecule has 1 N–H and O–H groups in total. The number of hydrogen-bond acceptors (Lipinski definition) is 4. The van der Waals surface area contributed by atoms with Gasteiger partial charge in [0, 0.05) is 61.9 Å². The normalized spacial score (nSPS) is 13.5. The Balaban J connectivity index is 1.48. The Bertz CT molecular complexity index is 1310. The zero-order valence-corrected chi connectivity index (χ0v) is 22.1. The lowest BCUT2D eigenvalue weighted by Crippen LogP contribution is -2.17. The number of nitrogens with zero attached hydrogens (tertiary/aromatic N) is 3. The van der Waals surface area contributed by atoms with Crippen molar-refractivity contribution in [1.29, 1.82) is 0 Å². The van der Waals surface area contributed by atoms with Gasteiger partial charge >= 0.3 is 0 Å². The summed E-state index contributed by atoms with van der Waals surface area (Å²) in [5.41, 5.74) is 8.93. The summed E-state index contributed by atoms with van der Waals surface area (Å²) in [5, 5.41) is 0. The topological polar surface area (TPSA) is 44.4 Å². The van der Waals surface area contributed by atoms with E-state index in [1.165, 1.54) is 24.2 Å². The Morgan fingerprint density at radius 1 is 0.865 bits per heavy atom. The average Bonchev–Trinajstić information content (AvgIpc) is 3.63. The summed E-state index contributed by atoms with van der Waals surface area (Å²) in [6.45, 7) is 5.66. The van der Waals surface area contributed by atoms with E-state index in [4.69, 9.17) is 9.72 Å². The molecule has 4 aromatic rings. The van der Waals surface area contributed by atoms with Gasteiger partial charge in [0.2, 0.25) is 0 Å². The van der Waals surface area contributed by atoms with Gasteiger partial charge in [0.1, 0.15) is 5.82 Å². The van der Waals surface area contributed by atoms with E-state index in [2.05, 4.69) is 108 Å². The van der Waals surface area contributed by atoms with Crippen molar-refractivity contribution in [3.63, 3.8) is 0 Å². The highest BCUT2D eigenvalue weighted by atomic mass is 16.5. The van der Waals surface area contributed by atoms with Crippen LogP contribution in [0.3, 0.4) is 0 Å². The molecule has 0 bridgehead atoms. The quantitative estimate of drug-likeness (QED) is 0.253. The summed E-state index contributed by atoms with van der Waals surface area (Å²) in [6, 6.07) is 26.0. The molecule has 0 unspecified atom stereocenters. The van der Waals surface area contributed by atoms with Gasteiger partial charge in [-0.05, 0) is 49.6 Å². The molecule has 1 fully saturated rings. The molecule has 37 heavy (non-hydrogen) atoms. The second-order valence-corrected chi connectivity index (χ2v) is 9.68. The van der Waals surface area contributed by atoms with Crippen LogP contribution >= 0.6 is 0 Å². The van der Waals surface area contributed by atoms with Crippen molar-refractivity contribution in [3.05, 3.63) is 84.4 Å². The summed E-state index contributed by atoms with van der Waals surface area (Å²) >= 11 is 0. The van der Waals surface area contributed by atoms with Crippen molar-refractivity contribution in [3.8, 4) is 33.9 Å². The van der Waals surface area contributed by atoms with E-state index in [-0.39, 0.29) is 0 Å². The molecule has 190 valence electrons. The van der Waals surface area contributed by atoms with Gasteiger partial charge in [0.25, 0.3) is 0 Å². The van der Waals surface area contributed by atoms with Gasteiger partial charge in [0.05, 0.1) is 18.0 Å². The lowest BCUT2D eigenvalue weighted by atomic mass is 10.0. The van der Waals surface area contributed by atoms with E-state index >= 15 is 0 Å². The molecule has 1 aliphatic heterocycles. The van der Waals surface area contributed by atoms with Crippen molar-refractivity contribution in [2.45, 2.75) is 19.8 Å². The number of benzene rings is 3. The van der Waals surface area contributed by atoms with E-state index < -0.39 is 0 Å². The fourth-order valence-electron chi connectivity index (χ4n) is 4.78.